The number of hydrogen-bond donors (Lipinski definition) is 0. The van der Waals surface area contributed by atoms with Gasteiger partial charge in [0.1, 0.15) is 0 Å². The molecule has 0 saturated carbocycles. The molecule has 2 rings (SSSR count). The number of rotatable bonds is 2. The van der Waals surface area contributed by atoms with E-state index in [0.29, 0.717) is 13.1 Å². The molecule has 1 aliphatic rings. The first kappa shape index (κ1) is 15.5. The maximum atomic E-state index is 12.6. The van der Waals surface area contributed by atoms with Crippen LogP contribution in [0.15, 0.2) is 24.3 Å². The standard InChI is InChI=1S/C16H22BrNO2/c1-15(2)10-18(11-16(3,4)20-15)14(19)13-7-5-12(9-17)6-8-13/h5-8H,9-11H2,1-4H3. The Morgan fingerprint density at radius 1 is 1.15 bits per heavy atom. The molecule has 1 fully saturated rings. The molecular formula is C16H22BrNO2. The van der Waals surface area contributed by atoms with Crippen LogP contribution in [0.3, 0.4) is 0 Å². The number of halogens is 1. The summed E-state index contributed by atoms with van der Waals surface area (Å²) in [4.78, 5) is 14.5. The van der Waals surface area contributed by atoms with Crippen LogP contribution >= 0.6 is 15.9 Å². The van der Waals surface area contributed by atoms with Gasteiger partial charge in [-0.2, -0.15) is 0 Å². The van der Waals surface area contributed by atoms with E-state index in [-0.39, 0.29) is 17.1 Å². The Kier molecular flexibility index (Phi) is 4.26. The second kappa shape index (κ2) is 5.49. The van der Waals surface area contributed by atoms with Crippen molar-refractivity contribution in [3.63, 3.8) is 0 Å². The van der Waals surface area contributed by atoms with Gasteiger partial charge in [-0.3, -0.25) is 4.79 Å². The van der Waals surface area contributed by atoms with E-state index in [1.54, 1.807) is 0 Å². The summed E-state index contributed by atoms with van der Waals surface area (Å²) in [5.41, 5.74) is 1.29. The lowest BCUT2D eigenvalue weighted by Gasteiger charge is -2.47. The highest BCUT2D eigenvalue weighted by atomic mass is 79.9. The van der Waals surface area contributed by atoms with Gasteiger partial charge < -0.3 is 9.64 Å². The summed E-state index contributed by atoms with van der Waals surface area (Å²) in [5, 5.41) is 0.805. The van der Waals surface area contributed by atoms with Crippen molar-refractivity contribution >= 4 is 21.8 Å². The fourth-order valence-electron chi connectivity index (χ4n) is 2.85. The molecule has 3 nitrogen and oxygen atoms in total. The minimum Gasteiger partial charge on any atom is -0.366 e. The average molecular weight is 340 g/mol. The first-order valence-corrected chi connectivity index (χ1v) is 7.99. The largest absolute Gasteiger partial charge is 0.366 e. The smallest absolute Gasteiger partial charge is 0.254 e. The zero-order chi connectivity index (χ0) is 15.0. The van der Waals surface area contributed by atoms with E-state index in [1.807, 2.05) is 56.9 Å². The van der Waals surface area contributed by atoms with E-state index in [1.165, 1.54) is 5.56 Å². The molecule has 0 bridgehead atoms. The van der Waals surface area contributed by atoms with Gasteiger partial charge in [0.25, 0.3) is 5.91 Å². The van der Waals surface area contributed by atoms with Crippen LogP contribution in [0.2, 0.25) is 0 Å². The van der Waals surface area contributed by atoms with E-state index in [4.69, 9.17) is 4.74 Å². The number of carbonyl (C=O) groups excluding carboxylic acids is 1. The lowest BCUT2D eigenvalue weighted by molar-refractivity contribution is -0.171. The van der Waals surface area contributed by atoms with Crippen LogP contribution in [0.1, 0.15) is 43.6 Å². The predicted molar refractivity (Wildman–Crippen MR) is 84.2 cm³/mol. The quantitative estimate of drug-likeness (QED) is 0.770. The third-order valence-electron chi connectivity index (χ3n) is 3.34. The van der Waals surface area contributed by atoms with Gasteiger partial charge in [0.05, 0.1) is 11.2 Å². The number of amides is 1. The number of nitrogens with zero attached hydrogens (tertiary/aromatic N) is 1. The molecule has 0 aliphatic carbocycles. The van der Waals surface area contributed by atoms with Gasteiger partial charge >= 0.3 is 0 Å². The van der Waals surface area contributed by atoms with E-state index < -0.39 is 0 Å². The molecule has 0 unspecified atom stereocenters. The van der Waals surface area contributed by atoms with E-state index in [0.717, 1.165) is 10.9 Å². The summed E-state index contributed by atoms with van der Waals surface area (Å²) in [6, 6.07) is 7.76. The van der Waals surface area contributed by atoms with Gasteiger partial charge in [-0.25, -0.2) is 0 Å². The normalized spacial score (nSPS) is 20.8. The third-order valence-corrected chi connectivity index (χ3v) is 3.99. The van der Waals surface area contributed by atoms with Crippen LogP contribution in [0.25, 0.3) is 0 Å². The van der Waals surface area contributed by atoms with Gasteiger partial charge in [0, 0.05) is 24.0 Å². The molecule has 4 heteroatoms. The summed E-state index contributed by atoms with van der Waals surface area (Å²) in [7, 11) is 0. The van der Waals surface area contributed by atoms with Gasteiger partial charge in [-0.05, 0) is 45.4 Å². The van der Waals surface area contributed by atoms with Crippen molar-refractivity contribution in [1.29, 1.82) is 0 Å². The minimum atomic E-state index is -0.312. The molecule has 1 heterocycles. The Morgan fingerprint density at radius 2 is 1.65 bits per heavy atom. The third kappa shape index (κ3) is 3.61. The van der Waals surface area contributed by atoms with E-state index in [2.05, 4.69) is 15.9 Å². The maximum Gasteiger partial charge on any atom is 0.254 e. The lowest BCUT2D eigenvalue weighted by atomic mass is 9.98. The molecule has 0 radical (unpaired) electrons. The number of carbonyl (C=O) groups is 1. The minimum absolute atomic E-state index is 0.0792. The maximum absolute atomic E-state index is 12.6. The topological polar surface area (TPSA) is 29.5 Å². The highest BCUT2D eigenvalue weighted by molar-refractivity contribution is 9.08. The van der Waals surface area contributed by atoms with Crippen molar-refractivity contribution in [3.05, 3.63) is 35.4 Å². The number of hydrogen-bond acceptors (Lipinski definition) is 2. The number of benzene rings is 1. The average Bonchev–Trinajstić information content (AvgIpc) is 2.34. The molecule has 20 heavy (non-hydrogen) atoms. The summed E-state index contributed by atoms with van der Waals surface area (Å²) in [5.74, 6) is 0.0792. The Labute approximate surface area is 129 Å². The molecule has 0 N–H and O–H groups in total. The van der Waals surface area contributed by atoms with Crippen LogP contribution in [0, 0.1) is 0 Å². The highest BCUT2D eigenvalue weighted by Crippen LogP contribution is 2.29. The summed E-state index contributed by atoms with van der Waals surface area (Å²) in [6.45, 7) is 9.36. The second-order valence-electron chi connectivity index (χ2n) is 6.61. The number of ether oxygens (including phenoxy) is 1. The first-order valence-electron chi connectivity index (χ1n) is 6.87. The van der Waals surface area contributed by atoms with Gasteiger partial charge in [-0.1, -0.05) is 28.1 Å². The van der Waals surface area contributed by atoms with Crippen LogP contribution in [-0.2, 0) is 10.1 Å². The number of morpholine rings is 1. The van der Waals surface area contributed by atoms with Crippen LogP contribution in [0.5, 0.6) is 0 Å². The van der Waals surface area contributed by atoms with Crippen molar-refractivity contribution in [2.24, 2.45) is 0 Å². The molecule has 1 aromatic rings. The molecule has 0 atom stereocenters. The number of alkyl halides is 1. The van der Waals surface area contributed by atoms with Crippen LogP contribution in [0.4, 0.5) is 0 Å². The molecule has 110 valence electrons. The predicted octanol–water partition coefficient (Wildman–Crippen LogP) is 3.61. The van der Waals surface area contributed by atoms with Crippen molar-refractivity contribution in [2.45, 2.75) is 44.2 Å². The van der Waals surface area contributed by atoms with E-state index >= 15 is 0 Å². The van der Waals surface area contributed by atoms with Gasteiger partial charge in [-0.15, -0.1) is 0 Å². The first-order chi connectivity index (χ1) is 9.22. The van der Waals surface area contributed by atoms with Crippen LogP contribution < -0.4 is 0 Å². The van der Waals surface area contributed by atoms with Crippen molar-refractivity contribution < 1.29 is 9.53 Å². The zero-order valence-corrected chi connectivity index (χ0v) is 14.2. The highest BCUT2D eigenvalue weighted by Gasteiger charge is 2.40. The van der Waals surface area contributed by atoms with Gasteiger partial charge in [0.15, 0.2) is 0 Å². The molecule has 1 saturated heterocycles. The van der Waals surface area contributed by atoms with Crippen molar-refractivity contribution in [2.75, 3.05) is 13.1 Å². The molecule has 0 spiro atoms. The SMILES string of the molecule is CC1(C)CN(C(=O)c2ccc(CBr)cc2)CC(C)(C)O1. The fourth-order valence-corrected chi connectivity index (χ4v) is 3.22. The molecule has 1 amide bonds. The van der Waals surface area contributed by atoms with Crippen LogP contribution in [-0.4, -0.2) is 35.1 Å². The fraction of sp³-hybridized carbons (Fsp3) is 0.562. The Bertz CT molecular complexity index is 478. The summed E-state index contributed by atoms with van der Waals surface area (Å²) >= 11 is 3.41. The molecule has 1 aliphatic heterocycles. The Hall–Kier alpha value is -0.870. The summed E-state index contributed by atoms with van der Waals surface area (Å²) < 4.78 is 6.01. The Balaban J connectivity index is 2.19. The van der Waals surface area contributed by atoms with Crippen molar-refractivity contribution in [1.82, 2.24) is 4.90 Å². The van der Waals surface area contributed by atoms with E-state index in [9.17, 15) is 4.79 Å². The molecular weight excluding hydrogens is 318 g/mol. The monoisotopic (exact) mass is 339 g/mol. The second-order valence-corrected chi connectivity index (χ2v) is 7.17. The van der Waals surface area contributed by atoms with Gasteiger partial charge in [0.2, 0.25) is 0 Å². The Morgan fingerprint density at radius 3 is 2.10 bits per heavy atom. The summed E-state index contributed by atoms with van der Waals surface area (Å²) in [6.07, 6.45) is 0. The molecule has 1 aromatic carbocycles. The zero-order valence-electron chi connectivity index (χ0n) is 12.6. The molecule has 0 aromatic heterocycles. The van der Waals surface area contributed by atoms with Crippen molar-refractivity contribution in [3.8, 4) is 0 Å². The lowest BCUT2D eigenvalue weighted by Crippen LogP contribution is -2.58.